The smallest absolute Gasteiger partial charge is 0 e. The van der Waals surface area contributed by atoms with Gasteiger partial charge in [-0.15, -0.1) is 5.75 Å². The second-order valence-corrected chi connectivity index (χ2v) is 3.70. The van der Waals surface area contributed by atoms with Gasteiger partial charge < -0.3 is 10.2 Å². The molecule has 1 radical (unpaired) electrons. The van der Waals surface area contributed by atoms with Crippen LogP contribution < -0.4 is 10.2 Å². The van der Waals surface area contributed by atoms with Crippen LogP contribution in [0.5, 0.6) is 11.5 Å². The second kappa shape index (κ2) is 26.1. The minimum absolute atomic E-state index is 0. The van der Waals surface area contributed by atoms with E-state index in [9.17, 15) is 10.2 Å². The molecule has 129 valence electrons. The van der Waals surface area contributed by atoms with Gasteiger partial charge in [-0.1, -0.05) is 77.8 Å². The Hall–Kier alpha value is -0.856. The van der Waals surface area contributed by atoms with Crippen molar-refractivity contribution in [2.45, 2.75) is 54.9 Å². The SMILES string of the molecule is CC.CC.CCC.Cc1ccccc1[O-].[O-]c1[c-]cccc1.[Y]. The van der Waals surface area contributed by atoms with Crippen LogP contribution in [0.15, 0.2) is 48.5 Å². The monoisotopic (exact) mass is 392 g/mol. The average molecular weight is 392 g/mol. The van der Waals surface area contributed by atoms with Gasteiger partial charge in [0.05, 0.1) is 0 Å². The molecule has 0 aliphatic carbocycles. The van der Waals surface area contributed by atoms with Gasteiger partial charge in [0.1, 0.15) is 0 Å². The molecule has 0 saturated heterocycles. The summed E-state index contributed by atoms with van der Waals surface area (Å²) in [5.74, 6) is 0.0648. The quantitative estimate of drug-likeness (QED) is 0.586. The van der Waals surface area contributed by atoms with Crippen LogP contribution in [0.25, 0.3) is 0 Å². The van der Waals surface area contributed by atoms with Gasteiger partial charge in [-0.05, 0) is 6.92 Å². The Morgan fingerprint density at radius 2 is 1.26 bits per heavy atom. The summed E-state index contributed by atoms with van der Waals surface area (Å²) < 4.78 is 0. The molecular formula is C20H31O2Y-3. The van der Waals surface area contributed by atoms with E-state index in [-0.39, 0.29) is 44.2 Å². The predicted molar refractivity (Wildman–Crippen MR) is 94.0 cm³/mol. The third kappa shape index (κ3) is 23.5. The fourth-order valence-electron chi connectivity index (χ4n) is 0.933. The normalized spacial score (nSPS) is 7.09. The van der Waals surface area contributed by atoms with E-state index < -0.39 is 0 Å². The van der Waals surface area contributed by atoms with Crippen molar-refractivity contribution in [3.63, 3.8) is 0 Å². The van der Waals surface area contributed by atoms with E-state index in [0.717, 1.165) is 5.56 Å². The van der Waals surface area contributed by atoms with Gasteiger partial charge in [-0.25, -0.2) is 5.75 Å². The summed E-state index contributed by atoms with van der Waals surface area (Å²) in [7, 11) is 0. The van der Waals surface area contributed by atoms with Gasteiger partial charge >= 0.3 is 0 Å². The van der Waals surface area contributed by atoms with E-state index in [2.05, 4.69) is 19.9 Å². The molecule has 0 fully saturated rings. The van der Waals surface area contributed by atoms with Gasteiger partial charge in [0.2, 0.25) is 0 Å². The molecule has 2 nitrogen and oxygen atoms in total. The summed E-state index contributed by atoms with van der Waals surface area (Å²) in [4.78, 5) is 0. The molecule has 2 aromatic rings. The molecule has 2 rings (SSSR count). The zero-order valence-electron chi connectivity index (χ0n) is 15.7. The predicted octanol–water partition coefficient (Wildman–Crippen LogP) is 5.10. The van der Waals surface area contributed by atoms with Crippen LogP contribution in [0.3, 0.4) is 0 Å². The first-order valence-corrected chi connectivity index (χ1v) is 7.98. The van der Waals surface area contributed by atoms with Crippen LogP contribution in [0.4, 0.5) is 0 Å². The third-order valence-corrected chi connectivity index (χ3v) is 1.77. The molecule has 0 heterocycles. The minimum Gasteiger partial charge on any atom is -0.891 e. The van der Waals surface area contributed by atoms with E-state index in [1.807, 2.05) is 46.8 Å². The van der Waals surface area contributed by atoms with Gasteiger partial charge in [0.15, 0.2) is 0 Å². The van der Waals surface area contributed by atoms with Crippen molar-refractivity contribution in [3.8, 4) is 11.5 Å². The molecule has 0 saturated carbocycles. The summed E-state index contributed by atoms with van der Waals surface area (Å²) in [6.07, 6.45) is 1.25. The van der Waals surface area contributed by atoms with Gasteiger partial charge in [0, 0.05) is 32.7 Å². The maximum absolute atomic E-state index is 10.6. The molecule has 0 aliphatic heterocycles. The summed E-state index contributed by atoms with van der Waals surface area (Å²) in [6, 6.07) is 16.0. The molecule has 0 unspecified atom stereocenters. The van der Waals surface area contributed by atoms with Crippen LogP contribution in [0, 0.1) is 13.0 Å². The fourth-order valence-corrected chi connectivity index (χ4v) is 0.933. The van der Waals surface area contributed by atoms with Crippen molar-refractivity contribution in [2.75, 3.05) is 0 Å². The summed E-state index contributed by atoms with van der Waals surface area (Å²) in [6.45, 7) is 14.1. The zero-order chi connectivity index (χ0) is 17.8. The first kappa shape index (κ1) is 30.1. The second-order valence-electron chi connectivity index (χ2n) is 3.70. The van der Waals surface area contributed by atoms with Crippen LogP contribution >= 0.6 is 0 Å². The Labute approximate surface area is 168 Å². The molecular weight excluding hydrogens is 361 g/mol. The average Bonchev–Trinajstić information content (AvgIpc) is 2.56. The topological polar surface area (TPSA) is 46.1 Å². The van der Waals surface area contributed by atoms with E-state index >= 15 is 0 Å². The van der Waals surface area contributed by atoms with Crippen LogP contribution in [0.1, 0.15) is 53.5 Å². The number of rotatable bonds is 0. The maximum Gasteiger partial charge on any atom is 0 e. The van der Waals surface area contributed by atoms with Crippen molar-refractivity contribution in [1.29, 1.82) is 0 Å². The maximum atomic E-state index is 10.6. The molecule has 0 atom stereocenters. The Balaban J connectivity index is -0.000000111. The van der Waals surface area contributed by atoms with Crippen molar-refractivity contribution in [3.05, 3.63) is 60.2 Å². The van der Waals surface area contributed by atoms with Crippen LogP contribution in [0.2, 0.25) is 0 Å². The number of aryl methyl sites for hydroxylation is 1. The number of hydrogen-bond acceptors (Lipinski definition) is 2. The summed E-state index contributed by atoms with van der Waals surface area (Å²) >= 11 is 0. The molecule has 0 amide bonds. The molecule has 23 heavy (non-hydrogen) atoms. The molecule has 2 aromatic carbocycles. The molecule has 0 N–H and O–H groups in total. The number of benzene rings is 2. The largest absolute Gasteiger partial charge is 0.891 e. The fraction of sp³-hybridized carbons (Fsp3) is 0.400. The first-order chi connectivity index (χ1) is 10.6. The molecule has 0 aliphatic rings. The number of para-hydroxylation sites is 2. The Kier molecular flexibility index (Phi) is 34.1. The first-order valence-electron chi connectivity index (χ1n) is 7.98. The number of hydrogen-bond donors (Lipinski definition) is 0. The van der Waals surface area contributed by atoms with Gasteiger partial charge in [-0.3, -0.25) is 0 Å². The Morgan fingerprint density at radius 1 is 0.826 bits per heavy atom. The van der Waals surface area contributed by atoms with Crippen molar-refractivity contribution >= 4 is 0 Å². The zero-order valence-corrected chi connectivity index (χ0v) is 18.6. The van der Waals surface area contributed by atoms with E-state index in [0.29, 0.717) is 0 Å². The van der Waals surface area contributed by atoms with Crippen molar-refractivity contribution in [2.24, 2.45) is 0 Å². The molecule has 0 spiro atoms. The van der Waals surface area contributed by atoms with Crippen LogP contribution in [-0.4, -0.2) is 0 Å². The third-order valence-electron chi connectivity index (χ3n) is 1.77. The van der Waals surface area contributed by atoms with Crippen molar-refractivity contribution < 1.29 is 42.9 Å². The molecule has 0 bridgehead atoms. The van der Waals surface area contributed by atoms with Gasteiger partial charge in [-0.2, -0.15) is 30.3 Å². The van der Waals surface area contributed by atoms with Crippen molar-refractivity contribution in [1.82, 2.24) is 0 Å². The molecule has 0 aromatic heterocycles. The van der Waals surface area contributed by atoms with Crippen LogP contribution in [-0.2, 0) is 32.7 Å². The Bertz CT molecular complexity index is 396. The van der Waals surface area contributed by atoms with E-state index in [1.165, 1.54) is 12.5 Å². The summed E-state index contributed by atoms with van der Waals surface area (Å²) in [5, 5.41) is 20.8. The minimum atomic E-state index is -0.0532. The molecule has 3 heteroatoms. The Morgan fingerprint density at radius 3 is 1.48 bits per heavy atom. The van der Waals surface area contributed by atoms with E-state index in [4.69, 9.17) is 0 Å². The van der Waals surface area contributed by atoms with E-state index in [1.54, 1.807) is 30.3 Å². The standard InChI is InChI=1S/C7H8O.C6H5O.C3H8.2C2H6.Y/c1-6-4-2-3-5-7(6)8;7-6-4-2-1-3-5-6;1-3-2;2*1-2;/h2-5,8H,1H3;1-4,7H;3H2,1-2H3;2*1-2H3;/q;-1;;;;/p-2. The summed E-state index contributed by atoms with van der Waals surface area (Å²) in [5.41, 5.74) is 0.813. The van der Waals surface area contributed by atoms with Gasteiger partial charge in [0.25, 0.3) is 0 Å².